The zero-order valence-corrected chi connectivity index (χ0v) is 26.1. The molecule has 0 bridgehead atoms. The first-order chi connectivity index (χ1) is 20.4. The molecule has 5 aromatic heterocycles. The summed E-state index contributed by atoms with van der Waals surface area (Å²) in [6.07, 6.45) is 15.6. The Bertz CT molecular complexity index is 1590. The lowest BCUT2D eigenvalue weighted by atomic mass is 9.87. The highest BCUT2D eigenvalue weighted by molar-refractivity contribution is 7.99. The molecule has 1 aliphatic rings. The second kappa shape index (κ2) is 12.7. The number of hydrogen-bond donors (Lipinski definition) is 2. The molecule has 0 aliphatic heterocycles. The van der Waals surface area contributed by atoms with E-state index in [9.17, 15) is 0 Å². The summed E-state index contributed by atoms with van der Waals surface area (Å²) in [6, 6.07) is 5.40. The van der Waals surface area contributed by atoms with Crippen molar-refractivity contribution in [3.8, 4) is 11.3 Å². The van der Waals surface area contributed by atoms with Gasteiger partial charge in [0.25, 0.3) is 0 Å². The summed E-state index contributed by atoms with van der Waals surface area (Å²) in [7, 11) is -1.11. The Hall–Kier alpha value is -3.62. The topological polar surface area (TPSA) is 137 Å². The largest absolute Gasteiger partial charge is 0.361 e. The maximum atomic E-state index is 5.97. The molecule has 12 nitrogen and oxygen atoms in total. The number of thioether (sulfide) groups is 1. The van der Waals surface area contributed by atoms with E-state index in [1.165, 1.54) is 0 Å². The summed E-state index contributed by atoms with van der Waals surface area (Å²) in [5, 5.41) is 16.8. The number of nitrogens with one attached hydrogen (secondary N) is 2. The molecule has 2 N–H and O–H groups in total. The number of anilines is 2. The number of hydrogen-bond acceptors (Lipinski definition) is 10. The molecule has 0 spiro atoms. The van der Waals surface area contributed by atoms with Crippen LogP contribution in [-0.4, -0.2) is 69.9 Å². The van der Waals surface area contributed by atoms with Gasteiger partial charge in [0.1, 0.15) is 18.7 Å². The molecule has 5 aromatic rings. The predicted octanol–water partition coefficient (Wildman–Crippen LogP) is 5.78. The molecule has 0 aromatic carbocycles. The summed E-state index contributed by atoms with van der Waals surface area (Å²) in [5.74, 6) is 2.66. The van der Waals surface area contributed by atoms with E-state index >= 15 is 0 Å². The molecule has 1 aliphatic carbocycles. The van der Waals surface area contributed by atoms with Gasteiger partial charge < -0.3 is 9.30 Å². The quantitative estimate of drug-likeness (QED) is 0.102. The molecular formula is C28H37N11OSSi. The highest BCUT2D eigenvalue weighted by Crippen LogP contribution is 2.36. The summed E-state index contributed by atoms with van der Waals surface area (Å²) in [4.78, 5) is 22.0. The monoisotopic (exact) mass is 603 g/mol. The first kappa shape index (κ1) is 28.5. The maximum Gasteiger partial charge on any atom is 0.229 e. The van der Waals surface area contributed by atoms with Crippen molar-refractivity contribution < 1.29 is 4.74 Å². The van der Waals surface area contributed by atoms with E-state index in [0.29, 0.717) is 30.6 Å². The smallest absolute Gasteiger partial charge is 0.229 e. The van der Waals surface area contributed by atoms with Crippen LogP contribution in [0.25, 0.3) is 22.3 Å². The van der Waals surface area contributed by atoms with Crippen molar-refractivity contribution in [1.82, 2.24) is 49.5 Å². The minimum Gasteiger partial charge on any atom is -0.361 e. The standard InChI is InChI=1S/C28H37N11OSSi/c1-42(2,3)14-13-40-19-38-12-9-23-24(31-18-32-25(23)38)21-15-33-39(16-21)22-7-5-20(6-8-22)17-41-28-35-27(36-37-28)34-26-29-10-4-11-30-26/h4,9-12,15-16,18,20,22H,5-8,13-14,17,19H2,1-3H3,(H2,29,30,34,35,36,37). The van der Waals surface area contributed by atoms with Crippen LogP contribution in [0, 0.1) is 5.92 Å². The SMILES string of the molecule is C[Si](C)(C)CCOCn1ccc2c(-c3cnn(C4CCC(CSc5n[nH]c(Nc6ncccn6)n5)CC4)c3)ncnc21. The zero-order valence-electron chi connectivity index (χ0n) is 24.3. The normalized spacial score (nSPS) is 17.6. The molecule has 5 heterocycles. The van der Waals surface area contributed by atoms with Gasteiger partial charge in [0.15, 0.2) is 0 Å². The lowest BCUT2D eigenvalue weighted by Gasteiger charge is -2.28. The number of fused-ring (bicyclic) bond motifs is 1. The van der Waals surface area contributed by atoms with E-state index in [1.54, 1.807) is 36.5 Å². The first-order valence-electron chi connectivity index (χ1n) is 14.4. The highest BCUT2D eigenvalue weighted by atomic mass is 32.2. The van der Waals surface area contributed by atoms with Crippen molar-refractivity contribution in [1.29, 1.82) is 0 Å². The van der Waals surface area contributed by atoms with Crippen molar-refractivity contribution in [2.45, 2.75) is 69.3 Å². The Morgan fingerprint density at radius 1 is 1.10 bits per heavy atom. The molecule has 0 unspecified atom stereocenters. The van der Waals surface area contributed by atoms with Crippen LogP contribution >= 0.6 is 11.8 Å². The van der Waals surface area contributed by atoms with Gasteiger partial charge in [0.05, 0.1) is 17.9 Å². The summed E-state index contributed by atoms with van der Waals surface area (Å²) in [6.45, 7) is 8.38. The Kier molecular flexibility index (Phi) is 8.62. The molecule has 42 heavy (non-hydrogen) atoms. The van der Waals surface area contributed by atoms with Crippen LogP contribution in [0.3, 0.4) is 0 Å². The van der Waals surface area contributed by atoms with Gasteiger partial charge in [0.2, 0.25) is 17.1 Å². The number of rotatable bonds is 12. The van der Waals surface area contributed by atoms with Crippen molar-refractivity contribution in [3.05, 3.63) is 49.4 Å². The summed E-state index contributed by atoms with van der Waals surface area (Å²) >= 11 is 1.69. The van der Waals surface area contributed by atoms with Crippen LogP contribution < -0.4 is 5.32 Å². The van der Waals surface area contributed by atoms with Crippen LogP contribution in [0.4, 0.5) is 11.9 Å². The first-order valence-corrected chi connectivity index (χ1v) is 19.1. The van der Waals surface area contributed by atoms with E-state index in [0.717, 1.165) is 71.5 Å². The molecule has 220 valence electrons. The third-order valence-electron chi connectivity index (χ3n) is 7.56. The van der Waals surface area contributed by atoms with Crippen LogP contribution in [0.5, 0.6) is 0 Å². The van der Waals surface area contributed by atoms with Crippen molar-refractivity contribution >= 4 is 42.8 Å². The fraction of sp³-hybridized carbons (Fsp3) is 0.464. The third kappa shape index (κ3) is 7.05. The Morgan fingerprint density at radius 3 is 2.74 bits per heavy atom. The van der Waals surface area contributed by atoms with Crippen LogP contribution in [0.2, 0.25) is 25.7 Å². The number of H-pyrrole nitrogens is 1. The van der Waals surface area contributed by atoms with E-state index in [1.807, 2.05) is 12.4 Å². The van der Waals surface area contributed by atoms with E-state index < -0.39 is 8.07 Å². The van der Waals surface area contributed by atoms with Gasteiger partial charge in [-0.1, -0.05) is 31.4 Å². The van der Waals surface area contributed by atoms with Gasteiger partial charge in [-0.2, -0.15) is 10.1 Å². The van der Waals surface area contributed by atoms with Gasteiger partial charge in [-0.05, 0) is 49.8 Å². The second-order valence-electron chi connectivity index (χ2n) is 12.0. The predicted molar refractivity (Wildman–Crippen MR) is 166 cm³/mol. The van der Waals surface area contributed by atoms with Crippen LogP contribution in [0.1, 0.15) is 31.7 Å². The molecule has 6 rings (SSSR count). The molecule has 0 radical (unpaired) electrons. The average Bonchev–Trinajstić information content (AvgIpc) is 3.75. The minimum atomic E-state index is -1.11. The second-order valence-corrected chi connectivity index (χ2v) is 18.6. The van der Waals surface area contributed by atoms with Crippen molar-refractivity contribution in [2.24, 2.45) is 5.92 Å². The maximum absolute atomic E-state index is 5.97. The molecule has 0 atom stereocenters. The Morgan fingerprint density at radius 2 is 1.93 bits per heavy atom. The zero-order chi connectivity index (χ0) is 28.9. The van der Waals surface area contributed by atoms with E-state index in [2.05, 4.69) is 81.6 Å². The number of aromatic amines is 1. The lowest BCUT2D eigenvalue weighted by molar-refractivity contribution is 0.0899. The van der Waals surface area contributed by atoms with Gasteiger partial charge in [-0.3, -0.25) is 10.00 Å². The van der Waals surface area contributed by atoms with Gasteiger partial charge in [-0.25, -0.2) is 25.0 Å². The number of nitrogens with zero attached hydrogens (tertiary/aromatic N) is 9. The molecular weight excluding hydrogens is 567 g/mol. The Labute approximate surface area is 250 Å². The van der Waals surface area contributed by atoms with Crippen LogP contribution in [0.15, 0.2) is 54.6 Å². The van der Waals surface area contributed by atoms with E-state index in [4.69, 9.17) is 9.84 Å². The van der Waals surface area contributed by atoms with Crippen molar-refractivity contribution in [3.63, 3.8) is 0 Å². The number of aromatic nitrogens is 10. The molecule has 1 saturated carbocycles. The fourth-order valence-corrected chi connectivity index (χ4v) is 6.88. The average molecular weight is 604 g/mol. The molecule has 1 fully saturated rings. The number of ether oxygens (including phenoxy) is 1. The fourth-order valence-electron chi connectivity index (χ4n) is 5.14. The minimum absolute atomic E-state index is 0.395. The van der Waals surface area contributed by atoms with E-state index in [-0.39, 0.29) is 0 Å². The Balaban J connectivity index is 1.01. The van der Waals surface area contributed by atoms with Crippen LogP contribution in [-0.2, 0) is 11.5 Å². The third-order valence-corrected chi connectivity index (χ3v) is 10.3. The van der Waals surface area contributed by atoms with Gasteiger partial charge in [-0.15, -0.1) is 5.10 Å². The lowest BCUT2D eigenvalue weighted by Crippen LogP contribution is -2.22. The molecule has 0 saturated heterocycles. The van der Waals surface area contributed by atoms with Gasteiger partial charge in [0, 0.05) is 56.2 Å². The summed E-state index contributed by atoms with van der Waals surface area (Å²) < 4.78 is 10.2. The molecule has 0 amide bonds. The van der Waals surface area contributed by atoms with Crippen molar-refractivity contribution in [2.75, 3.05) is 17.7 Å². The van der Waals surface area contributed by atoms with Gasteiger partial charge >= 0.3 is 0 Å². The highest BCUT2D eigenvalue weighted by Gasteiger charge is 2.24. The molecule has 14 heteroatoms. The summed E-state index contributed by atoms with van der Waals surface area (Å²) in [5.41, 5.74) is 2.82.